The standard InChI is InChI=1S/C26H22INO5/c27-15-12-10-14(11-13-15)21-19-20(25(32)28(24(19)31)16-6-2-1-3-7-16)26(33-21)22(29)17-8-4-5-9-18(17)23(26)30/h4-5,8-13,16,19-21H,1-3,6-7H2/t19-,20-,21-/m0/s1. The summed E-state index contributed by atoms with van der Waals surface area (Å²) in [5, 5.41) is 0. The molecule has 2 aromatic carbocycles. The fourth-order valence-electron chi connectivity index (χ4n) is 6.19. The van der Waals surface area contributed by atoms with Gasteiger partial charge in [0.2, 0.25) is 29.0 Å². The average molecular weight is 555 g/mol. The number of carbonyl (C=O) groups excluding carboxylic acids is 4. The summed E-state index contributed by atoms with van der Waals surface area (Å²) in [7, 11) is 0. The molecule has 1 spiro atoms. The molecule has 2 heterocycles. The number of hydrogen-bond acceptors (Lipinski definition) is 5. The van der Waals surface area contributed by atoms with Crippen molar-refractivity contribution in [2.75, 3.05) is 0 Å². The predicted molar refractivity (Wildman–Crippen MR) is 127 cm³/mol. The summed E-state index contributed by atoms with van der Waals surface area (Å²) in [6, 6.07) is 13.9. The number of hydrogen-bond donors (Lipinski definition) is 0. The minimum absolute atomic E-state index is 0.173. The lowest BCUT2D eigenvalue weighted by molar-refractivity contribution is -0.148. The zero-order chi connectivity index (χ0) is 22.9. The molecule has 0 aromatic heterocycles. The Kier molecular flexibility index (Phi) is 4.85. The van der Waals surface area contributed by atoms with Gasteiger partial charge in [0.05, 0.1) is 17.9 Å². The van der Waals surface area contributed by atoms with Gasteiger partial charge >= 0.3 is 0 Å². The van der Waals surface area contributed by atoms with Gasteiger partial charge in [0.1, 0.15) is 0 Å². The molecule has 7 heteroatoms. The van der Waals surface area contributed by atoms with Crippen LogP contribution in [0.2, 0.25) is 0 Å². The third kappa shape index (κ3) is 2.81. The molecule has 2 amide bonds. The van der Waals surface area contributed by atoms with Gasteiger partial charge < -0.3 is 4.74 Å². The van der Waals surface area contributed by atoms with E-state index < -0.39 is 41.0 Å². The van der Waals surface area contributed by atoms with Crippen LogP contribution in [0.25, 0.3) is 0 Å². The Balaban J connectivity index is 1.50. The van der Waals surface area contributed by atoms with Crippen molar-refractivity contribution in [2.24, 2.45) is 11.8 Å². The molecule has 2 aliphatic heterocycles. The number of likely N-dealkylation sites (tertiary alicyclic amines) is 1. The number of ketones is 2. The molecule has 6 rings (SSSR count). The second-order valence-corrected chi connectivity index (χ2v) is 10.6. The lowest BCUT2D eigenvalue weighted by Gasteiger charge is -2.33. The van der Waals surface area contributed by atoms with Crippen molar-refractivity contribution >= 4 is 46.0 Å². The maximum absolute atomic E-state index is 13.9. The molecule has 4 aliphatic rings. The zero-order valence-corrected chi connectivity index (χ0v) is 20.0. The van der Waals surface area contributed by atoms with Crippen molar-refractivity contribution in [2.45, 2.75) is 49.9 Å². The maximum atomic E-state index is 13.9. The lowest BCUT2D eigenvalue weighted by atomic mass is 9.77. The second kappa shape index (κ2) is 7.56. The third-order valence-electron chi connectivity index (χ3n) is 7.69. The van der Waals surface area contributed by atoms with E-state index >= 15 is 0 Å². The van der Waals surface area contributed by atoms with Gasteiger partial charge in [-0.3, -0.25) is 24.1 Å². The Labute approximate surface area is 204 Å². The Morgan fingerprint density at radius 3 is 2.03 bits per heavy atom. The largest absolute Gasteiger partial charge is 0.349 e. The van der Waals surface area contributed by atoms with Gasteiger partial charge in [0, 0.05) is 20.7 Å². The minimum atomic E-state index is -1.97. The lowest BCUT2D eigenvalue weighted by Crippen LogP contribution is -2.52. The third-order valence-corrected chi connectivity index (χ3v) is 8.41. The number of fused-ring (bicyclic) bond motifs is 3. The van der Waals surface area contributed by atoms with Crippen LogP contribution in [-0.2, 0) is 14.3 Å². The zero-order valence-electron chi connectivity index (χ0n) is 17.8. The number of imide groups is 1. The van der Waals surface area contributed by atoms with Crippen molar-refractivity contribution in [3.05, 3.63) is 68.8 Å². The molecule has 2 aromatic rings. The van der Waals surface area contributed by atoms with Crippen LogP contribution in [0.15, 0.2) is 48.5 Å². The molecule has 0 N–H and O–H groups in total. The Hall–Kier alpha value is -2.39. The first-order valence-corrected chi connectivity index (χ1v) is 12.5. The van der Waals surface area contributed by atoms with Crippen LogP contribution in [0.3, 0.4) is 0 Å². The molecule has 3 fully saturated rings. The van der Waals surface area contributed by atoms with Crippen LogP contribution < -0.4 is 0 Å². The van der Waals surface area contributed by atoms with Crippen LogP contribution in [0.5, 0.6) is 0 Å². The molecular formula is C26H22INO5. The minimum Gasteiger partial charge on any atom is -0.349 e. The SMILES string of the molecule is O=C1[C@H]2[C@@H](C(=O)N1C1CCCCC1)C1(O[C@H]2c2ccc(I)cc2)C(=O)c2ccccc2C1=O. The fraction of sp³-hybridized carbons (Fsp3) is 0.385. The van der Waals surface area contributed by atoms with Crippen molar-refractivity contribution in [1.29, 1.82) is 0 Å². The van der Waals surface area contributed by atoms with E-state index in [0.29, 0.717) is 5.56 Å². The number of benzene rings is 2. The molecule has 0 radical (unpaired) electrons. The number of carbonyl (C=O) groups is 4. The van der Waals surface area contributed by atoms with Crippen molar-refractivity contribution < 1.29 is 23.9 Å². The van der Waals surface area contributed by atoms with Crippen molar-refractivity contribution in [1.82, 2.24) is 4.90 Å². The first-order chi connectivity index (χ1) is 15.9. The van der Waals surface area contributed by atoms with Gasteiger partial charge in [0.15, 0.2) is 0 Å². The van der Waals surface area contributed by atoms with Crippen molar-refractivity contribution in [3.63, 3.8) is 0 Å². The molecule has 3 atom stereocenters. The summed E-state index contributed by atoms with van der Waals surface area (Å²) >= 11 is 2.19. The summed E-state index contributed by atoms with van der Waals surface area (Å²) in [6.45, 7) is 0. The first kappa shape index (κ1) is 21.2. The van der Waals surface area contributed by atoms with E-state index in [2.05, 4.69) is 22.6 Å². The van der Waals surface area contributed by atoms with E-state index in [1.165, 1.54) is 4.90 Å². The van der Waals surface area contributed by atoms with Crippen LogP contribution in [0, 0.1) is 15.4 Å². The van der Waals surface area contributed by atoms with Gasteiger partial charge in [-0.05, 0) is 53.1 Å². The molecule has 0 bridgehead atoms. The molecule has 0 unspecified atom stereocenters. The van der Waals surface area contributed by atoms with Gasteiger partial charge in [-0.15, -0.1) is 0 Å². The summed E-state index contributed by atoms with van der Waals surface area (Å²) in [5.41, 5.74) is -0.745. The number of Topliss-reactive ketones (excluding diaryl/α,β-unsaturated/α-hetero) is 2. The number of rotatable bonds is 2. The highest BCUT2D eigenvalue weighted by Crippen LogP contribution is 2.57. The molecule has 1 saturated carbocycles. The van der Waals surface area contributed by atoms with Gasteiger partial charge in [-0.2, -0.15) is 0 Å². The van der Waals surface area contributed by atoms with Gasteiger partial charge in [-0.25, -0.2) is 0 Å². The van der Waals surface area contributed by atoms with Crippen LogP contribution in [-0.4, -0.2) is 39.9 Å². The van der Waals surface area contributed by atoms with Gasteiger partial charge in [0.25, 0.3) is 0 Å². The van der Waals surface area contributed by atoms with Crippen molar-refractivity contribution in [3.8, 4) is 0 Å². The maximum Gasteiger partial charge on any atom is 0.237 e. The van der Waals surface area contributed by atoms with Crippen LogP contribution in [0.4, 0.5) is 0 Å². The molecule has 2 aliphatic carbocycles. The quantitative estimate of drug-likeness (QED) is 0.317. The summed E-state index contributed by atoms with van der Waals surface area (Å²) in [4.78, 5) is 56.4. The predicted octanol–water partition coefficient (Wildman–Crippen LogP) is 4.11. The number of ether oxygens (including phenoxy) is 1. The first-order valence-electron chi connectivity index (χ1n) is 11.4. The number of amides is 2. The highest BCUT2D eigenvalue weighted by atomic mass is 127. The molecule has 2 saturated heterocycles. The monoisotopic (exact) mass is 555 g/mol. The van der Waals surface area contributed by atoms with Gasteiger partial charge in [-0.1, -0.05) is 55.7 Å². The molecule has 6 nitrogen and oxygen atoms in total. The Bertz CT molecular complexity index is 1160. The number of halogens is 1. The summed E-state index contributed by atoms with van der Waals surface area (Å²) < 4.78 is 7.33. The second-order valence-electron chi connectivity index (χ2n) is 9.37. The normalized spacial score (nSPS) is 28.6. The van der Waals surface area contributed by atoms with E-state index in [-0.39, 0.29) is 23.1 Å². The van der Waals surface area contributed by atoms with E-state index in [1.54, 1.807) is 24.3 Å². The van der Waals surface area contributed by atoms with Crippen LogP contribution in [0.1, 0.15) is 64.5 Å². The smallest absolute Gasteiger partial charge is 0.237 e. The molecular weight excluding hydrogens is 533 g/mol. The average Bonchev–Trinajstić information content (AvgIpc) is 3.40. The van der Waals surface area contributed by atoms with Crippen LogP contribution >= 0.6 is 22.6 Å². The molecule has 33 heavy (non-hydrogen) atoms. The highest BCUT2D eigenvalue weighted by Gasteiger charge is 2.75. The van der Waals surface area contributed by atoms with E-state index in [0.717, 1.165) is 35.7 Å². The summed E-state index contributed by atoms with van der Waals surface area (Å²) in [5.74, 6) is -3.77. The Morgan fingerprint density at radius 1 is 0.818 bits per heavy atom. The number of nitrogens with zero attached hydrogens (tertiary/aromatic N) is 1. The van der Waals surface area contributed by atoms with E-state index in [1.807, 2.05) is 24.3 Å². The van der Waals surface area contributed by atoms with E-state index in [4.69, 9.17) is 4.74 Å². The Morgan fingerprint density at radius 2 is 1.42 bits per heavy atom. The summed E-state index contributed by atoms with van der Waals surface area (Å²) in [6.07, 6.45) is 3.71. The van der Waals surface area contributed by atoms with E-state index in [9.17, 15) is 19.2 Å². The highest BCUT2D eigenvalue weighted by molar-refractivity contribution is 14.1. The topological polar surface area (TPSA) is 80.8 Å². The molecule has 168 valence electrons. The fourth-order valence-corrected chi connectivity index (χ4v) is 6.55.